The number of nitrogens with one attached hydrogen (secondary N) is 3. The van der Waals surface area contributed by atoms with Gasteiger partial charge in [0.1, 0.15) is 17.2 Å². The van der Waals surface area contributed by atoms with E-state index in [9.17, 15) is 17.2 Å². The van der Waals surface area contributed by atoms with Gasteiger partial charge in [-0.2, -0.15) is 5.10 Å². The molecule has 14 heteroatoms. The number of rotatable bonds is 9. The molecular weight excluding hydrogens is 500 g/mol. The number of sulfonamides is 1. The number of ether oxygens (including phenoxy) is 3. The van der Waals surface area contributed by atoms with E-state index in [2.05, 4.69) is 25.4 Å². The number of aromatic nitrogens is 3. The molecule has 5 rings (SSSR count). The number of hydrogen-bond acceptors (Lipinski definition) is 9. The maximum atomic E-state index is 13.4. The Morgan fingerprint density at radius 3 is 2.36 bits per heavy atom. The fourth-order valence-electron chi connectivity index (χ4n) is 3.83. The maximum Gasteiger partial charge on any atom is 0.270 e. The van der Waals surface area contributed by atoms with Crippen molar-refractivity contribution in [3.8, 4) is 17.2 Å². The van der Waals surface area contributed by atoms with Crippen molar-refractivity contribution >= 4 is 38.3 Å². The summed E-state index contributed by atoms with van der Waals surface area (Å²) in [6.07, 6.45) is -0.221. The zero-order valence-electron chi connectivity index (χ0n) is 19.3. The van der Waals surface area contributed by atoms with Gasteiger partial charge in [0.05, 0.1) is 38.3 Å². The predicted molar refractivity (Wildman–Crippen MR) is 125 cm³/mol. The van der Waals surface area contributed by atoms with Crippen LogP contribution in [0.3, 0.4) is 0 Å². The van der Waals surface area contributed by atoms with Gasteiger partial charge in [0, 0.05) is 24.2 Å². The van der Waals surface area contributed by atoms with Crippen LogP contribution in [-0.4, -0.2) is 51.0 Å². The first kappa shape index (κ1) is 23.7. The number of benzene rings is 2. The smallest absolute Gasteiger partial charge is 0.270 e. The molecule has 0 unspecified atom stereocenters. The lowest BCUT2D eigenvalue weighted by molar-refractivity contribution is 0.111. The van der Waals surface area contributed by atoms with Crippen LogP contribution in [0.25, 0.3) is 11.0 Å². The van der Waals surface area contributed by atoms with Crippen molar-refractivity contribution < 1.29 is 35.9 Å². The second-order valence-electron chi connectivity index (χ2n) is 8.03. The first-order valence-electron chi connectivity index (χ1n) is 10.6. The van der Waals surface area contributed by atoms with Gasteiger partial charge in [-0.05, 0) is 18.2 Å². The Kier molecular flexibility index (Phi) is 5.62. The van der Waals surface area contributed by atoms with E-state index in [-0.39, 0.29) is 34.2 Å². The number of methoxy groups -OCH3 is 3. The number of aromatic amines is 1. The fraction of sp³-hybridized carbons (Fsp3) is 0.273. The molecule has 36 heavy (non-hydrogen) atoms. The molecule has 1 aliphatic carbocycles. The summed E-state index contributed by atoms with van der Waals surface area (Å²) in [5, 5.41) is 13.8. The van der Waals surface area contributed by atoms with Crippen molar-refractivity contribution in [2.24, 2.45) is 0 Å². The lowest BCUT2D eigenvalue weighted by Crippen LogP contribution is -2.15. The van der Waals surface area contributed by atoms with Crippen LogP contribution in [0.15, 0.2) is 45.8 Å². The van der Waals surface area contributed by atoms with Gasteiger partial charge in [-0.3, -0.25) is 9.82 Å². The third-order valence-corrected chi connectivity index (χ3v) is 7.14. The highest BCUT2D eigenvalue weighted by Crippen LogP contribution is 2.55. The van der Waals surface area contributed by atoms with Gasteiger partial charge >= 0.3 is 0 Å². The largest absolute Gasteiger partial charge is 0.495 e. The molecule has 1 saturated carbocycles. The minimum Gasteiger partial charge on any atom is -0.495 e. The molecule has 11 nitrogen and oxygen atoms in total. The quantitative estimate of drug-likeness (QED) is 0.295. The monoisotopic (exact) mass is 521 g/mol. The first-order chi connectivity index (χ1) is 17.2. The molecule has 0 saturated heterocycles. The predicted octanol–water partition coefficient (Wildman–Crippen LogP) is 4.24. The molecular formula is C22H21F2N5O6S. The van der Waals surface area contributed by atoms with Crippen LogP contribution in [0.1, 0.15) is 18.0 Å². The zero-order valence-corrected chi connectivity index (χ0v) is 20.1. The SMILES string of the molecule is COc1cc2c(NS(=O)(=O)c3c(OC)cccc3OC)noc2cc1Nc1cc([C@H]2CC2(F)F)[nH]n1. The molecule has 1 atom stereocenters. The molecule has 0 spiro atoms. The number of anilines is 3. The molecule has 0 bridgehead atoms. The molecule has 0 aliphatic heterocycles. The Labute approximate surface area is 203 Å². The Morgan fingerprint density at radius 1 is 1.08 bits per heavy atom. The van der Waals surface area contributed by atoms with Gasteiger partial charge < -0.3 is 24.1 Å². The van der Waals surface area contributed by atoms with E-state index in [4.69, 9.17) is 18.7 Å². The lowest BCUT2D eigenvalue weighted by atomic mass is 10.2. The number of nitrogens with zero attached hydrogens (tertiary/aromatic N) is 2. The molecule has 190 valence electrons. The van der Waals surface area contributed by atoms with Crippen molar-refractivity contribution in [2.45, 2.75) is 23.2 Å². The highest BCUT2D eigenvalue weighted by atomic mass is 32.2. The van der Waals surface area contributed by atoms with Gasteiger partial charge in [-0.15, -0.1) is 0 Å². The van der Waals surface area contributed by atoms with E-state index in [0.29, 0.717) is 28.3 Å². The van der Waals surface area contributed by atoms with E-state index in [1.165, 1.54) is 51.7 Å². The molecule has 4 aromatic rings. The molecule has 0 amide bonds. The Bertz CT molecular complexity index is 1530. The number of hydrogen-bond donors (Lipinski definition) is 3. The van der Waals surface area contributed by atoms with Crippen LogP contribution < -0.4 is 24.2 Å². The third-order valence-electron chi connectivity index (χ3n) is 5.74. The average molecular weight is 522 g/mol. The highest BCUT2D eigenvalue weighted by molar-refractivity contribution is 7.93. The van der Waals surface area contributed by atoms with Gasteiger partial charge in [0.25, 0.3) is 15.9 Å². The standard InChI is InChI=1S/C22H21F2N5O6S/c1-32-15-5-4-6-16(33-2)20(15)36(30,31)29-21-11-7-18(34-3)14(8-17(11)35-28-21)25-19-9-13(26-27-19)12-10-22(12,23)24/h4-9,12H,10H2,1-3H3,(H,28,29)(H2,25,26,27)/t12-/m1/s1. The number of H-pyrrole nitrogens is 1. The topological polar surface area (TPSA) is 141 Å². The summed E-state index contributed by atoms with van der Waals surface area (Å²) in [5.74, 6) is -2.91. The Hall–Kier alpha value is -4.07. The fourth-order valence-corrected chi connectivity index (χ4v) is 5.17. The molecule has 2 aromatic carbocycles. The van der Waals surface area contributed by atoms with E-state index >= 15 is 0 Å². The van der Waals surface area contributed by atoms with E-state index in [1.807, 2.05) is 0 Å². The molecule has 0 radical (unpaired) electrons. The summed E-state index contributed by atoms with van der Waals surface area (Å²) in [6.45, 7) is 0. The van der Waals surface area contributed by atoms with Crippen molar-refractivity contribution in [2.75, 3.05) is 31.4 Å². The van der Waals surface area contributed by atoms with E-state index < -0.39 is 21.9 Å². The summed E-state index contributed by atoms with van der Waals surface area (Å²) in [7, 11) is -0.0922. The minimum absolute atomic E-state index is 0.0826. The lowest BCUT2D eigenvalue weighted by Gasteiger charge is -2.14. The molecule has 2 aromatic heterocycles. The average Bonchev–Trinajstić information content (AvgIpc) is 3.16. The summed E-state index contributed by atoms with van der Waals surface area (Å²) in [5.41, 5.74) is 0.959. The number of halogens is 2. The van der Waals surface area contributed by atoms with E-state index in [0.717, 1.165) is 0 Å². The Morgan fingerprint density at radius 2 is 1.75 bits per heavy atom. The minimum atomic E-state index is -4.20. The normalized spacial score (nSPS) is 16.5. The van der Waals surface area contributed by atoms with Crippen LogP contribution in [0.4, 0.5) is 26.1 Å². The van der Waals surface area contributed by atoms with Gasteiger partial charge in [-0.25, -0.2) is 17.2 Å². The van der Waals surface area contributed by atoms with Gasteiger partial charge in [0.15, 0.2) is 22.1 Å². The summed E-state index contributed by atoms with van der Waals surface area (Å²) in [4.78, 5) is -0.202. The molecule has 1 fully saturated rings. The van der Waals surface area contributed by atoms with Crippen molar-refractivity contribution in [3.05, 3.63) is 42.1 Å². The van der Waals surface area contributed by atoms with Crippen LogP contribution in [-0.2, 0) is 10.0 Å². The van der Waals surface area contributed by atoms with Crippen LogP contribution in [0.2, 0.25) is 0 Å². The van der Waals surface area contributed by atoms with Gasteiger partial charge in [0.2, 0.25) is 0 Å². The third kappa shape index (κ3) is 4.12. The highest BCUT2D eigenvalue weighted by Gasteiger charge is 2.58. The Balaban J connectivity index is 1.45. The van der Waals surface area contributed by atoms with Crippen LogP contribution in [0, 0.1) is 0 Å². The second-order valence-corrected chi connectivity index (χ2v) is 9.65. The summed E-state index contributed by atoms with van der Waals surface area (Å²) < 4.78 is 76.7. The number of alkyl halides is 2. The van der Waals surface area contributed by atoms with Crippen LogP contribution >= 0.6 is 0 Å². The van der Waals surface area contributed by atoms with Crippen molar-refractivity contribution in [3.63, 3.8) is 0 Å². The van der Waals surface area contributed by atoms with Crippen LogP contribution in [0.5, 0.6) is 17.2 Å². The van der Waals surface area contributed by atoms with Crippen molar-refractivity contribution in [1.29, 1.82) is 0 Å². The van der Waals surface area contributed by atoms with E-state index in [1.54, 1.807) is 6.07 Å². The summed E-state index contributed by atoms with van der Waals surface area (Å²) >= 11 is 0. The van der Waals surface area contributed by atoms with Crippen molar-refractivity contribution in [1.82, 2.24) is 15.4 Å². The molecule has 2 heterocycles. The summed E-state index contributed by atoms with van der Waals surface area (Å²) in [6, 6.07) is 9.13. The maximum absolute atomic E-state index is 13.4. The second kappa shape index (κ2) is 8.55. The van der Waals surface area contributed by atoms with Gasteiger partial charge in [-0.1, -0.05) is 11.2 Å². The molecule has 3 N–H and O–H groups in total. The number of fused-ring (bicyclic) bond motifs is 1. The first-order valence-corrected chi connectivity index (χ1v) is 12.1. The zero-order chi connectivity index (χ0) is 25.7. The molecule has 1 aliphatic rings.